The van der Waals surface area contributed by atoms with Crippen molar-refractivity contribution in [2.45, 2.75) is 6.92 Å². The maximum Gasteiger partial charge on any atom is 0.180 e. The molecule has 60 valence electrons. The van der Waals surface area contributed by atoms with Crippen LogP contribution in [0.1, 0.15) is 12.6 Å². The van der Waals surface area contributed by atoms with Crippen LogP contribution in [-0.2, 0) is 4.84 Å². The quantitative estimate of drug-likeness (QED) is 0.535. The van der Waals surface area contributed by atoms with Gasteiger partial charge in [-0.15, -0.1) is 11.3 Å². The second-order valence-corrected chi connectivity index (χ2v) is 2.82. The van der Waals surface area contributed by atoms with Gasteiger partial charge in [-0.2, -0.15) is 0 Å². The molecular weight excluding hydrogens is 162 g/mol. The summed E-state index contributed by atoms with van der Waals surface area (Å²) >= 11 is 1.39. The van der Waals surface area contributed by atoms with Crippen LogP contribution in [0.3, 0.4) is 0 Å². The number of aromatic nitrogens is 1. The van der Waals surface area contributed by atoms with Crippen LogP contribution in [0.15, 0.2) is 10.5 Å². The van der Waals surface area contributed by atoms with Crippen molar-refractivity contribution in [2.75, 3.05) is 12.8 Å². The van der Waals surface area contributed by atoms with Crippen molar-refractivity contribution >= 4 is 22.2 Å². The molecule has 0 amide bonds. The number of oxime groups is 1. The number of nitrogen functional groups attached to an aromatic ring is 1. The summed E-state index contributed by atoms with van der Waals surface area (Å²) in [6.45, 7) is 1.82. The second kappa shape index (κ2) is 3.34. The van der Waals surface area contributed by atoms with Crippen LogP contribution in [0.2, 0.25) is 0 Å². The molecule has 0 radical (unpaired) electrons. The monoisotopic (exact) mass is 171 g/mol. The van der Waals surface area contributed by atoms with Gasteiger partial charge in [0.2, 0.25) is 0 Å². The fraction of sp³-hybridized carbons (Fsp3) is 0.333. The van der Waals surface area contributed by atoms with Gasteiger partial charge in [-0.1, -0.05) is 5.16 Å². The maximum atomic E-state index is 5.42. The number of thiazole rings is 1. The highest BCUT2D eigenvalue weighted by Crippen LogP contribution is 2.11. The van der Waals surface area contributed by atoms with Crippen LogP contribution in [-0.4, -0.2) is 17.8 Å². The number of anilines is 1. The van der Waals surface area contributed by atoms with Gasteiger partial charge in [-0.3, -0.25) is 0 Å². The highest BCUT2D eigenvalue weighted by molar-refractivity contribution is 7.13. The number of rotatable bonds is 2. The molecule has 1 aromatic rings. The number of nitrogens with zero attached hydrogens (tertiary/aromatic N) is 2. The van der Waals surface area contributed by atoms with Gasteiger partial charge >= 0.3 is 0 Å². The topological polar surface area (TPSA) is 60.5 Å². The normalized spacial score (nSPS) is 11.6. The van der Waals surface area contributed by atoms with E-state index in [0.717, 1.165) is 11.4 Å². The lowest BCUT2D eigenvalue weighted by molar-refractivity contribution is 0.213. The summed E-state index contributed by atoms with van der Waals surface area (Å²) in [5.74, 6) is 0. The largest absolute Gasteiger partial charge is 0.399 e. The molecule has 11 heavy (non-hydrogen) atoms. The lowest BCUT2D eigenvalue weighted by Gasteiger charge is -1.91. The molecule has 1 aromatic heterocycles. The standard InChI is InChI=1S/C6H9N3OS/c1-4(9-10-2)5-3-11-6(7)8-5/h3H,1-2H3,(H2,7,8). The predicted molar refractivity (Wildman–Crippen MR) is 45.7 cm³/mol. The Hall–Kier alpha value is -1.10. The SMILES string of the molecule is CON=C(C)c1csc(N)n1. The van der Waals surface area contributed by atoms with Crippen molar-refractivity contribution in [3.63, 3.8) is 0 Å². The molecule has 5 heteroatoms. The third-order valence-corrected chi connectivity index (χ3v) is 1.79. The molecular formula is C6H9N3OS. The molecule has 4 nitrogen and oxygen atoms in total. The third kappa shape index (κ3) is 1.91. The Labute approximate surface area is 68.7 Å². The van der Waals surface area contributed by atoms with Gasteiger partial charge in [0, 0.05) is 5.38 Å². The van der Waals surface area contributed by atoms with Gasteiger partial charge in [-0.05, 0) is 6.92 Å². The molecule has 0 fully saturated rings. The van der Waals surface area contributed by atoms with E-state index >= 15 is 0 Å². The van der Waals surface area contributed by atoms with Gasteiger partial charge in [0.05, 0.1) is 0 Å². The molecule has 0 aliphatic carbocycles. The average molecular weight is 171 g/mol. The first-order valence-electron chi connectivity index (χ1n) is 3.03. The first kappa shape index (κ1) is 8.00. The summed E-state index contributed by atoms with van der Waals surface area (Å²) in [6, 6.07) is 0. The Morgan fingerprint density at radius 3 is 3.00 bits per heavy atom. The Kier molecular flexibility index (Phi) is 2.43. The fourth-order valence-electron chi connectivity index (χ4n) is 0.637. The molecule has 0 saturated heterocycles. The Morgan fingerprint density at radius 2 is 2.55 bits per heavy atom. The molecule has 0 aliphatic rings. The highest BCUT2D eigenvalue weighted by atomic mass is 32.1. The van der Waals surface area contributed by atoms with Crippen LogP contribution in [0.5, 0.6) is 0 Å². The Balaban J connectivity index is 2.84. The first-order valence-corrected chi connectivity index (χ1v) is 3.91. The summed E-state index contributed by atoms with van der Waals surface area (Å²) in [4.78, 5) is 8.59. The van der Waals surface area contributed by atoms with E-state index in [1.165, 1.54) is 18.4 Å². The molecule has 0 atom stereocenters. The van der Waals surface area contributed by atoms with Crippen LogP contribution >= 0.6 is 11.3 Å². The molecule has 0 aromatic carbocycles. The maximum absolute atomic E-state index is 5.42. The van der Waals surface area contributed by atoms with Gasteiger partial charge in [-0.25, -0.2) is 4.98 Å². The zero-order chi connectivity index (χ0) is 8.27. The third-order valence-electron chi connectivity index (χ3n) is 1.12. The van der Waals surface area contributed by atoms with E-state index in [9.17, 15) is 0 Å². The van der Waals surface area contributed by atoms with Crippen molar-refractivity contribution < 1.29 is 4.84 Å². The summed E-state index contributed by atoms with van der Waals surface area (Å²) < 4.78 is 0. The molecule has 1 heterocycles. The van der Waals surface area contributed by atoms with Gasteiger partial charge in [0.15, 0.2) is 5.13 Å². The van der Waals surface area contributed by atoms with Gasteiger partial charge in [0.1, 0.15) is 18.5 Å². The van der Waals surface area contributed by atoms with Crippen molar-refractivity contribution in [1.82, 2.24) is 4.98 Å². The first-order chi connectivity index (χ1) is 5.24. The van der Waals surface area contributed by atoms with Crippen molar-refractivity contribution in [3.05, 3.63) is 11.1 Å². The van der Waals surface area contributed by atoms with E-state index in [1.807, 2.05) is 12.3 Å². The summed E-state index contributed by atoms with van der Waals surface area (Å²) in [5.41, 5.74) is 6.93. The summed E-state index contributed by atoms with van der Waals surface area (Å²) in [6.07, 6.45) is 0. The van der Waals surface area contributed by atoms with E-state index in [-0.39, 0.29) is 0 Å². The number of hydrogen-bond acceptors (Lipinski definition) is 5. The molecule has 2 N–H and O–H groups in total. The molecule has 0 aliphatic heterocycles. The minimum absolute atomic E-state index is 0.547. The van der Waals surface area contributed by atoms with Crippen molar-refractivity contribution in [2.24, 2.45) is 5.16 Å². The lowest BCUT2D eigenvalue weighted by Crippen LogP contribution is -1.96. The summed E-state index contributed by atoms with van der Waals surface area (Å²) in [7, 11) is 1.50. The summed E-state index contributed by atoms with van der Waals surface area (Å²) in [5, 5.41) is 6.10. The van der Waals surface area contributed by atoms with Crippen LogP contribution < -0.4 is 5.73 Å². The smallest absolute Gasteiger partial charge is 0.180 e. The van der Waals surface area contributed by atoms with Crippen LogP contribution in [0.25, 0.3) is 0 Å². The van der Waals surface area contributed by atoms with E-state index < -0.39 is 0 Å². The van der Waals surface area contributed by atoms with E-state index in [0.29, 0.717) is 5.13 Å². The predicted octanol–water partition coefficient (Wildman–Crippen LogP) is 1.10. The fourth-order valence-corrected chi connectivity index (χ4v) is 1.24. The highest BCUT2D eigenvalue weighted by Gasteiger charge is 2.01. The molecule has 0 spiro atoms. The van der Waals surface area contributed by atoms with Gasteiger partial charge in [0.25, 0.3) is 0 Å². The minimum Gasteiger partial charge on any atom is -0.399 e. The van der Waals surface area contributed by atoms with Gasteiger partial charge < -0.3 is 10.6 Å². The number of hydrogen-bond donors (Lipinski definition) is 1. The molecule has 1 rings (SSSR count). The van der Waals surface area contributed by atoms with Crippen molar-refractivity contribution in [3.8, 4) is 0 Å². The minimum atomic E-state index is 0.547. The zero-order valence-electron chi connectivity index (χ0n) is 6.37. The van der Waals surface area contributed by atoms with Crippen LogP contribution in [0.4, 0.5) is 5.13 Å². The molecule has 0 bridgehead atoms. The Morgan fingerprint density at radius 1 is 1.82 bits per heavy atom. The molecule has 0 unspecified atom stereocenters. The Bertz CT molecular complexity index is 269. The molecule has 0 saturated carbocycles. The number of nitrogens with two attached hydrogens (primary N) is 1. The van der Waals surface area contributed by atoms with Crippen molar-refractivity contribution in [1.29, 1.82) is 0 Å². The second-order valence-electron chi connectivity index (χ2n) is 1.93. The zero-order valence-corrected chi connectivity index (χ0v) is 7.18. The van der Waals surface area contributed by atoms with E-state index in [4.69, 9.17) is 5.73 Å². The van der Waals surface area contributed by atoms with E-state index in [2.05, 4.69) is 15.0 Å². The van der Waals surface area contributed by atoms with Crippen LogP contribution in [0, 0.1) is 0 Å². The average Bonchev–Trinajstić information content (AvgIpc) is 2.36. The lowest BCUT2D eigenvalue weighted by atomic mass is 10.3. The van der Waals surface area contributed by atoms with E-state index in [1.54, 1.807) is 0 Å².